The zero-order valence-electron chi connectivity index (χ0n) is 27.7. The summed E-state index contributed by atoms with van der Waals surface area (Å²) in [5.74, 6) is -0.976. The predicted molar refractivity (Wildman–Crippen MR) is 174 cm³/mol. The molecule has 0 aliphatic carbocycles. The molecule has 5 heterocycles. The zero-order chi connectivity index (χ0) is 33.4. The fourth-order valence-electron chi connectivity index (χ4n) is 6.14. The monoisotopic (exact) mass is 678 g/mol. The number of aliphatic imine (C=N–C) groups is 3. The third-order valence-corrected chi connectivity index (χ3v) is 8.70. The average molecular weight is 679 g/mol. The van der Waals surface area contributed by atoms with Crippen molar-refractivity contribution in [1.29, 1.82) is 0 Å². The molecular formula is C36H36N4NiO6. The molecule has 0 atom stereocenters. The normalized spacial score (nSPS) is 18.0. The van der Waals surface area contributed by atoms with Crippen LogP contribution in [0.4, 0.5) is 0 Å². The first-order valence-electron chi connectivity index (χ1n) is 15.1. The van der Waals surface area contributed by atoms with Crippen molar-refractivity contribution in [2.75, 3.05) is 14.2 Å². The van der Waals surface area contributed by atoms with Crippen LogP contribution in [-0.2, 0) is 46.8 Å². The summed E-state index contributed by atoms with van der Waals surface area (Å²) in [6.07, 6.45) is 8.31. The summed E-state index contributed by atoms with van der Waals surface area (Å²) in [7, 11) is 2.71. The quantitative estimate of drug-likeness (QED) is 0.245. The largest absolute Gasteiger partial charge is 2.00 e. The van der Waals surface area contributed by atoms with E-state index < -0.39 is 0 Å². The standard InChI is InChI=1S/C36H38N4O6.Ni/c1-17-23(9-11-33(43)45-7)29-16-30-24(10-12-34(44)46-8)18(2)26(38-30)14-31-36(22(6)42)20(4)28(40-31)15-32-35(21(5)41)19(3)27(39-32)13-25(17)37-29;/h13-16H,9-12H2,1-8H3,(H2,37,38,39,40,41,42);/q;+2/p-2. The number of ether oxygens (including phenoxy) is 2. The zero-order valence-corrected chi connectivity index (χ0v) is 28.7. The van der Waals surface area contributed by atoms with Crippen LogP contribution in [0.15, 0.2) is 83.4 Å². The van der Waals surface area contributed by atoms with Gasteiger partial charge in [0.15, 0.2) is 5.78 Å². The summed E-state index contributed by atoms with van der Waals surface area (Å²) >= 11 is 0. The number of methoxy groups -OCH3 is 2. The van der Waals surface area contributed by atoms with Crippen LogP contribution in [0.5, 0.6) is 0 Å². The molecule has 1 aromatic heterocycles. The van der Waals surface area contributed by atoms with Gasteiger partial charge >= 0.3 is 28.4 Å². The number of rotatable bonds is 7. The molecule has 0 fully saturated rings. The number of allylic oxidation sites excluding steroid dienone is 9. The van der Waals surface area contributed by atoms with Crippen molar-refractivity contribution >= 4 is 47.0 Å². The molecule has 0 spiro atoms. The van der Waals surface area contributed by atoms with Crippen molar-refractivity contribution in [2.24, 2.45) is 15.0 Å². The van der Waals surface area contributed by atoms with Gasteiger partial charge < -0.3 is 19.6 Å². The number of hydrogen-bond acceptors (Lipinski definition) is 9. The smallest absolute Gasteiger partial charge is 0.875 e. The molecule has 0 saturated carbocycles. The van der Waals surface area contributed by atoms with Crippen LogP contribution in [0.1, 0.15) is 65.0 Å². The first kappa shape index (κ1) is 35.2. The molecule has 0 N–H and O–H groups in total. The number of hydrogen-bond donors (Lipinski definition) is 0. The van der Waals surface area contributed by atoms with Gasteiger partial charge in [-0.05, 0) is 87.5 Å². The Morgan fingerprint density at radius 3 is 1.98 bits per heavy atom. The third kappa shape index (κ3) is 6.76. The third-order valence-electron chi connectivity index (χ3n) is 8.70. The van der Waals surface area contributed by atoms with Gasteiger partial charge in [0.05, 0.1) is 48.4 Å². The molecule has 10 nitrogen and oxygen atoms in total. The van der Waals surface area contributed by atoms with Gasteiger partial charge in [-0.3, -0.25) is 14.4 Å². The van der Waals surface area contributed by atoms with E-state index in [2.05, 4.69) is 0 Å². The van der Waals surface area contributed by atoms with Crippen molar-refractivity contribution in [3.05, 3.63) is 90.3 Å². The summed E-state index contributed by atoms with van der Waals surface area (Å²) in [6, 6.07) is 0. The molecule has 0 aromatic carbocycles. The summed E-state index contributed by atoms with van der Waals surface area (Å²) in [6.45, 7) is 10.5. The molecule has 1 aromatic rings. The van der Waals surface area contributed by atoms with E-state index in [9.17, 15) is 19.5 Å². The van der Waals surface area contributed by atoms with E-state index in [1.54, 1.807) is 12.2 Å². The average Bonchev–Trinajstić information content (AvgIpc) is 3.67. The Balaban J connectivity index is 0.00000500. The summed E-state index contributed by atoms with van der Waals surface area (Å²) in [4.78, 5) is 56.8. The number of aromatic nitrogens is 1. The van der Waals surface area contributed by atoms with Gasteiger partial charge in [0.2, 0.25) is 0 Å². The Hall–Kier alpha value is -4.63. The summed E-state index contributed by atoms with van der Waals surface area (Å²) in [5.41, 5.74) is 8.97. The molecule has 0 unspecified atom stereocenters. The van der Waals surface area contributed by atoms with Crippen LogP contribution in [0.3, 0.4) is 0 Å². The van der Waals surface area contributed by atoms with E-state index in [0.717, 1.165) is 22.3 Å². The molecular weight excluding hydrogens is 643 g/mol. The van der Waals surface area contributed by atoms with E-state index >= 15 is 0 Å². The topological polar surface area (TPSA) is 144 Å². The second-order valence-corrected chi connectivity index (χ2v) is 11.6. The predicted octanol–water partition coefficient (Wildman–Crippen LogP) is 2.85. The molecule has 4 aliphatic heterocycles. The molecule has 8 bridgehead atoms. The minimum absolute atomic E-state index is 0. The van der Waals surface area contributed by atoms with Gasteiger partial charge in [-0.25, -0.2) is 15.0 Å². The molecule has 246 valence electrons. The number of esters is 2. The second kappa shape index (κ2) is 14.0. The molecule has 11 heteroatoms. The Morgan fingerprint density at radius 2 is 1.36 bits per heavy atom. The van der Waals surface area contributed by atoms with Crippen molar-refractivity contribution in [3.8, 4) is 0 Å². The van der Waals surface area contributed by atoms with Gasteiger partial charge in [0.25, 0.3) is 0 Å². The van der Waals surface area contributed by atoms with Crippen LogP contribution < -0.4 is 20.8 Å². The number of ketones is 1. The van der Waals surface area contributed by atoms with Crippen LogP contribution in [-0.4, -0.2) is 49.1 Å². The number of nitrogens with zero attached hydrogens (tertiary/aromatic N) is 4. The Bertz CT molecular complexity index is 2020. The number of Topliss-reactive ketones (excluding diaryl/α,β-unsaturated/α-hetero) is 1. The maximum absolute atomic E-state index is 12.9. The molecule has 0 saturated heterocycles. The maximum Gasteiger partial charge on any atom is 2.00 e. The fourth-order valence-corrected chi connectivity index (χ4v) is 6.14. The first-order chi connectivity index (χ1) is 21.8. The van der Waals surface area contributed by atoms with Gasteiger partial charge in [-0.2, -0.15) is 0 Å². The fraction of sp³-hybridized carbons (Fsp3) is 0.333. The Kier molecular flexibility index (Phi) is 10.5. The van der Waals surface area contributed by atoms with Crippen molar-refractivity contribution in [2.45, 2.75) is 67.2 Å². The SMILES string of the molecule is COC(=O)CCC1=C(C)C2=CC3=NC(=C(C)/C3=C(\C)[O-])C=C3N=C(C=c4[n-]c(c(CCC(=O)OC)c4C)=CC1=N2)C(C)=C3C(C)=O.[Ni+2]. The second-order valence-electron chi connectivity index (χ2n) is 11.6. The summed E-state index contributed by atoms with van der Waals surface area (Å²) in [5, 5.41) is 14.2. The van der Waals surface area contributed by atoms with Crippen LogP contribution in [0, 0.1) is 6.92 Å². The van der Waals surface area contributed by atoms with E-state index in [4.69, 9.17) is 29.4 Å². The number of carbonyl (C=O) groups excluding carboxylic acids is 3. The first-order valence-corrected chi connectivity index (χ1v) is 15.1. The van der Waals surface area contributed by atoms with Crippen molar-refractivity contribution in [1.82, 2.24) is 4.98 Å². The maximum atomic E-state index is 12.9. The van der Waals surface area contributed by atoms with Gasteiger partial charge in [0.1, 0.15) is 0 Å². The molecule has 5 rings (SSSR count). The Labute approximate surface area is 283 Å². The van der Waals surface area contributed by atoms with Crippen molar-refractivity contribution in [3.63, 3.8) is 0 Å². The molecule has 4 aliphatic rings. The summed E-state index contributed by atoms with van der Waals surface area (Å²) < 4.78 is 9.82. The molecule has 47 heavy (non-hydrogen) atoms. The van der Waals surface area contributed by atoms with Crippen LogP contribution in [0.2, 0.25) is 0 Å². The van der Waals surface area contributed by atoms with E-state index in [1.165, 1.54) is 28.1 Å². The van der Waals surface area contributed by atoms with E-state index in [-0.39, 0.29) is 52.8 Å². The Morgan fingerprint density at radius 1 is 0.745 bits per heavy atom. The van der Waals surface area contributed by atoms with Gasteiger partial charge in [0, 0.05) is 18.4 Å². The van der Waals surface area contributed by atoms with Gasteiger partial charge in [-0.1, -0.05) is 30.2 Å². The molecule has 0 amide bonds. The molecule has 0 radical (unpaired) electrons. The van der Waals surface area contributed by atoms with E-state index in [0.29, 0.717) is 80.1 Å². The van der Waals surface area contributed by atoms with Crippen LogP contribution >= 0.6 is 0 Å². The van der Waals surface area contributed by atoms with Gasteiger partial charge in [-0.15, -0.1) is 16.5 Å². The van der Waals surface area contributed by atoms with Crippen molar-refractivity contribution < 1.29 is 45.5 Å². The number of fused-ring (bicyclic) bond motifs is 5. The number of carbonyl (C=O) groups is 3. The van der Waals surface area contributed by atoms with E-state index in [1.807, 2.05) is 39.8 Å². The minimum atomic E-state index is -0.345. The minimum Gasteiger partial charge on any atom is -0.875 e. The van der Waals surface area contributed by atoms with Crippen LogP contribution in [0.25, 0.3) is 12.2 Å².